The minimum absolute atomic E-state index is 0.973. The largest absolute Gasteiger partial charge is 0.501 e. The number of hydrogen-bond donors (Lipinski definition) is 0. The molecule has 0 aliphatic heterocycles. The molecule has 2 rings (SSSR count). The van der Waals surface area contributed by atoms with Gasteiger partial charge in [0.25, 0.3) is 0 Å². The van der Waals surface area contributed by atoms with Gasteiger partial charge < -0.3 is 9.30 Å². The summed E-state index contributed by atoms with van der Waals surface area (Å²) in [6, 6.07) is 0. The Morgan fingerprint density at radius 2 is 2.31 bits per heavy atom. The lowest BCUT2D eigenvalue weighted by Crippen LogP contribution is -1.99. The number of methoxy groups -OCH3 is 1. The summed E-state index contributed by atoms with van der Waals surface area (Å²) >= 11 is 0. The van der Waals surface area contributed by atoms with Gasteiger partial charge in [-0.2, -0.15) is 0 Å². The number of allylic oxidation sites excluding steroid dienone is 4. The van der Waals surface area contributed by atoms with Crippen LogP contribution in [0.2, 0.25) is 0 Å². The van der Waals surface area contributed by atoms with Crippen LogP contribution in [0.25, 0.3) is 5.70 Å². The van der Waals surface area contributed by atoms with Crippen LogP contribution in [0.5, 0.6) is 0 Å². The first kappa shape index (κ1) is 8.10. The zero-order chi connectivity index (χ0) is 9.10. The Bertz CT molecular complexity index is 336. The number of aromatic nitrogens is 2. The Kier molecular flexibility index (Phi) is 2.17. The molecule has 0 aromatic carbocycles. The summed E-state index contributed by atoms with van der Waals surface area (Å²) in [4.78, 5) is 4.01. The molecule has 1 aliphatic carbocycles. The molecule has 3 nitrogen and oxygen atoms in total. The van der Waals surface area contributed by atoms with Gasteiger partial charge in [0.1, 0.15) is 0 Å². The average molecular weight is 176 g/mol. The first-order chi connectivity index (χ1) is 6.40. The summed E-state index contributed by atoms with van der Waals surface area (Å²) in [5, 5.41) is 0. The van der Waals surface area contributed by atoms with E-state index in [2.05, 4.69) is 11.1 Å². The Balaban J connectivity index is 2.20. The lowest BCUT2D eigenvalue weighted by atomic mass is 10.1. The molecule has 0 radical (unpaired) electrons. The zero-order valence-corrected chi connectivity index (χ0v) is 7.60. The number of nitrogens with zero attached hydrogens (tertiary/aromatic N) is 2. The van der Waals surface area contributed by atoms with E-state index >= 15 is 0 Å². The highest BCUT2D eigenvalue weighted by molar-refractivity contribution is 5.50. The van der Waals surface area contributed by atoms with Gasteiger partial charge in [0, 0.05) is 24.5 Å². The van der Waals surface area contributed by atoms with Gasteiger partial charge in [-0.25, -0.2) is 4.98 Å². The van der Waals surface area contributed by atoms with Gasteiger partial charge in [0.05, 0.1) is 19.2 Å². The fraction of sp³-hybridized carbons (Fsp3) is 0.300. The maximum Gasteiger partial charge on any atom is 0.0989 e. The molecule has 1 aromatic rings. The predicted octanol–water partition coefficient (Wildman–Crippen LogP) is 2.05. The summed E-state index contributed by atoms with van der Waals surface area (Å²) < 4.78 is 7.18. The van der Waals surface area contributed by atoms with Crippen LogP contribution < -0.4 is 0 Å². The number of rotatable bonds is 2. The summed E-state index contributed by atoms with van der Waals surface area (Å²) in [6.07, 6.45) is 11.6. The minimum Gasteiger partial charge on any atom is -0.501 e. The predicted molar refractivity (Wildman–Crippen MR) is 50.8 cm³/mol. The molecule has 13 heavy (non-hydrogen) atoms. The highest BCUT2D eigenvalue weighted by Crippen LogP contribution is 2.21. The molecular formula is C10H12N2O. The van der Waals surface area contributed by atoms with Gasteiger partial charge >= 0.3 is 0 Å². The molecule has 1 aliphatic rings. The van der Waals surface area contributed by atoms with Gasteiger partial charge in [-0.15, -0.1) is 0 Å². The molecule has 0 saturated carbocycles. The third-order valence-corrected chi connectivity index (χ3v) is 2.19. The Hall–Kier alpha value is -1.51. The molecule has 0 unspecified atom stereocenters. The second-order valence-corrected chi connectivity index (χ2v) is 2.97. The first-order valence-electron chi connectivity index (χ1n) is 4.32. The van der Waals surface area contributed by atoms with Crippen LogP contribution in [0, 0.1) is 0 Å². The van der Waals surface area contributed by atoms with E-state index in [0.717, 1.165) is 18.6 Å². The van der Waals surface area contributed by atoms with E-state index in [1.165, 1.54) is 5.70 Å². The van der Waals surface area contributed by atoms with Crippen molar-refractivity contribution in [1.29, 1.82) is 0 Å². The van der Waals surface area contributed by atoms with Gasteiger partial charge in [0.15, 0.2) is 0 Å². The van der Waals surface area contributed by atoms with Crippen LogP contribution in [0.15, 0.2) is 36.6 Å². The van der Waals surface area contributed by atoms with Crippen LogP contribution in [-0.4, -0.2) is 16.7 Å². The summed E-state index contributed by atoms with van der Waals surface area (Å²) in [6.45, 7) is 0. The SMILES string of the molecule is COC1=CC=C(n2ccnc2)CC1. The summed E-state index contributed by atoms with van der Waals surface area (Å²) in [5.74, 6) is 1.05. The lowest BCUT2D eigenvalue weighted by molar-refractivity contribution is 0.277. The Morgan fingerprint density at radius 1 is 1.38 bits per heavy atom. The quantitative estimate of drug-likeness (QED) is 0.689. The second kappa shape index (κ2) is 3.47. The molecule has 0 saturated heterocycles. The van der Waals surface area contributed by atoms with Crippen LogP contribution in [0.1, 0.15) is 12.8 Å². The van der Waals surface area contributed by atoms with E-state index in [1.54, 1.807) is 13.3 Å². The number of imidazole rings is 1. The molecule has 0 bridgehead atoms. The summed E-state index contributed by atoms with van der Waals surface area (Å²) in [7, 11) is 1.71. The van der Waals surface area contributed by atoms with Crippen LogP contribution in [-0.2, 0) is 4.74 Å². The van der Waals surface area contributed by atoms with Gasteiger partial charge in [-0.05, 0) is 18.6 Å². The van der Waals surface area contributed by atoms with Crippen molar-refractivity contribution in [2.24, 2.45) is 0 Å². The lowest BCUT2D eigenvalue weighted by Gasteiger charge is -2.13. The molecule has 1 heterocycles. The number of hydrogen-bond acceptors (Lipinski definition) is 2. The van der Waals surface area contributed by atoms with Gasteiger partial charge in [-0.3, -0.25) is 0 Å². The Labute approximate surface area is 77.4 Å². The van der Waals surface area contributed by atoms with Crippen LogP contribution in [0.3, 0.4) is 0 Å². The molecular weight excluding hydrogens is 164 g/mol. The highest BCUT2D eigenvalue weighted by atomic mass is 16.5. The molecule has 0 spiro atoms. The van der Waals surface area contributed by atoms with E-state index in [-0.39, 0.29) is 0 Å². The average Bonchev–Trinajstić information content (AvgIpc) is 2.71. The highest BCUT2D eigenvalue weighted by Gasteiger charge is 2.06. The van der Waals surface area contributed by atoms with E-state index in [9.17, 15) is 0 Å². The smallest absolute Gasteiger partial charge is 0.0989 e. The summed E-state index contributed by atoms with van der Waals surface area (Å²) in [5.41, 5.74) is 1.26. The topological polar surface area (TPSA) is 27.1 Å². The Morgan fingerprint density at radius 3 is 2.85 bits per heavy atom. The van der Waals surface area contributed by atoms with E-state index in [1.807, 2.05) is 23.2 Å². The van der Waals surface area contributed by atoms with Gasteiger partial charge in [-0.1, -0.05) is 0 Å². The fourth-order valence-electron chi connectivity index (χ4n) is 1.42. The molecule has 0 N–H and O–H groups in total. The molecule has 0 amide bonds. The molecule has 0 atom stereocenters. The van der Waals surface area contributed by atoms with E-state index in [4.69, 9.17) is 4.74 Å². The first-order valence-corrected chi connectivity index (χ1v) is 4.32. The van der Waals surface area contributed by atoms with Crippen LogP contribution >= 0.6 is 0 Å². The van der Waals surface area contributed by atoms with Crippen molar-refractivity contribution in [2.75, 3.05) is 7.11 Å². The minimum atomic E-state index is 0.973. The van der Waals surface area contributed by atoms with Crippen molar-refractivity contribution in [3.63, 3.8) is 0 Å². The molecule has 0 fully saturated rings. The van der Waals surface area contributed by atoms with Crippen molar-refractivity contribution >= 4 is 5.70 Å². The van der Waals surface area contributed by atoms with Crippen molar-refractivity contribution in [3.8, 4) is 0 Å². The van der Waals surface area contributed by atoms with Gasteiger partial charge in [0.2, 0.25) is 0 Å². The zero-order valence-electron chi connectivity index (χ0n) is 7.60. The molecule has 1 aromatic heterocycles. The monoisotopic (exact) mass is 176 g/mol. The molecule has 68 valence electrons. The fourth-order valence-corrected chi connectivity index (χ4v) is 1.42. The van der Waals surface area contributed by atoms with E-state index < -0.39 is 0 Å². The normalized spacial score (nSPS) is 16.4. The number of ether oxygens (including phenoxy) is 1. The maximum atomic E-state index is 5.15. The van der Waals surface area contributed by atoms with Crippen molar-refractivity contribution in [3.05, 3.63) is 36.6 Å². The maximum absolute atomic E-state index is 5.15. The third kappa shape index (κ3) is 1.64. The third-order valence-electron chi connectivity index (χ3n) is 2.19. The van der Waals surface area contributed by atoms with Crippen molar-refractivity contribution in [2.45, 2.75) is 12.8 Å². The molecule has 3 heteroatoms. The van der Waals surface area contributed by atoms with Crippen LogP contribution in [0.4, 0.5) is 0 Å². The standard InChI is InChI=1S/C10H12N2O/c1-13-10-4-2-9(3-5-10)12-7-6-11-8-12/h2,4,6-8H,3,5H2,1H3. The second-order valence-electron chi connectivity index (χ2n) is 2.97. The van der Waals surface area contributed by atoms with Crippen molar-refractivity contribution in [1.82, 2.24) is 9.55 Å². The van der Waals surface area contributed by atoms with E-state index in [0.29, 0.717) is 0 Å². The van der Waals surface area contributed by atoms with Crippen molar-refractivity contribution < 1.29 is 4.74 Å².